The zero-order chi connectivity index (χ0) is 18.1. The first kappa shape index (κ1) is 18.2. The summed E-state index contributed by atoms with van der Waals surface area (Å²) in [4.78, 5) is 37.8. The highest BCUT2D eigenvalue weighted by Crippen LogP contribution is 2.36. The van der Waals surface area contributed by atoms with Crippen LogP contribution in [0, 0.1) is 10.1 Å². The maximum Gasteiger partial charge on any atom is 0.410 e. The highest BCUT2D eigenvalue weighted by atomic mass is 79.9. The van der Waals surface area contributed by atoms with E-state index in [1.165, 1.54) is 21.9 Å². The molecule has 0 aliphatic carbocycles. The fourth-order valence-corrected chi connectivity index (χ4v) is 2.88. The predicted octanol–water partition coefficient (Wildman–Crippen LogP) is 2.94. The van der Waals surface area contributed by atoms with E-state index in [0.29, 0.717) is 4.47 Å². The number of ether oxygens (including phenoxy) is 1. The molecule has 1 aromatic rings. The van der Waals surface area contributed by atoms with Gasteiger partial charge in [0, 0.05) is 23.6 Å². The Bertz CT molecular complexity index is 686. The summed E-state index contributed by atoms with van der Waals surface area (Å²) in [5, 5.41) is 11.2. The number of piperazine rings is 1. The van der Waals surface area contributed by atoms with Crippen molar-refractivity contribution in [2.75, 3.05) is 24.5 Å². The molecule has 0 unspecified atom stereocenters. The molecule has 1 fully saturated rings. The normalized spacial score (nSPS) is 15.4. The van der Waals surface area contributed by atoms with Crippen LogP contribution in [-0.2, 0) is 9.53 Å². The molecule has 0 bridgehead atoms. The van der Waals surface area contributed by atoms with Gasteiger partial charge in [0.25, 0.3) is 5.69 Å². The number of hydrogen-bond acceptors (Lipinski definition) is 5. The monoisotopic (exact) mass is 399 g/mol. The van der Waals surface area contributed by atoms with E-state index in [-0.39, 0.29) is 31.0 Å². The van der Waals surface area contributed by atoms with Crippen molar-refractivity contribution < 1.29 is 19.2 Å². The van der Waals surface area contributed by atoms with E-state index in [1.54, 1.807) is 26.8 Å². The Hall–Kier alpha value is -2.16. The van der Waals surface area contributed by atoms with Crippen molar-refractivity contribution in [3.63, 3.8) is 0 Å². The second-order valence-electron chi connectivity index (χ2n) is 6.31. The Kier molecular flexibility index (Phi) is 5.12. The average molecular weight is 400 g/mol. The predicted molar refractivity (Wildman–Crippen MR) is 91.0 cm³/mol. The molecule has 0 atom stereocenters. The number of para-hydroxylation sites is 1. The SMILES string of the molecule is CC(C)(C)OC(=O)N1CCN(c2c(Br)cccc2[N+](=O)[O-])C(=O)C1. The average Bonchev–Trinajstić information content (AvgIpc) is 2.45. The molecule has 130 valence electrons. The van der Waals surface area contributed by atoms with Gasteiger partial charge in [-0.15, -0.1) is 0 Å². The number of anilines is 1. The quantitative estimate of drug-likeness (QED) is 0.562. The van der Waals surface area contributed by atoms with E-state index in [0.717, 1.165) is 0 Å². The highest BCUT2D eigenvalue weighted by molar-refractivity contribution is 9.10. The minimum atomic E-state index is -0.654. The first-order valence-electron chi connectivity index (χ1n) is 7.31. The number of carbonyl (C=O) groups is 2. The zero-order valence-corrected chi connectivity index (χ0v) is 15.2. The van der Waals surface area contributed by atoms with Crippen molar-refractivity contribution in [1.29, 1.82) is 0 Å². The number of rotatable bonds is 2. The number of nitro groups is 1. The molecule has 24 heavy (non-hydrogen) atoms. The van der Waals surface area contributed by atoms with Crippen LogP contribution in [0.5, 0.6) is 0 Å². The van der Waals surface area contributed by atoms with Gasteiger partial charge < -0.3 is 9.64 Å². The van der Waals surface area contributed by atoms with Crippen molar-refractivity contribution >= 4 is 39.3 Å². The van der Waals surface area contributed by atoms with Crippen LogP contribution >= 0.6 is 15.9 Å². The molecule has 0 saturated carbocycles. The van der Waals surface area contributed by atoms with Crippen LogP contribution in [0.2, 0.25) is 0 Å². The highest BCUT2D eigenvalue weighted by Gasteiger charge is 2.34. The molecule has 2 rings (SSSR count). The largest absolute Gasteiger partial charge is 0.444 e. The van der Waals surface area contributed by atoms with Gasteiger partial charge in [0.2, 0.25) is 5.91 Å². The fourth-order valence-electron chi connectivity index (χ4n) is 2.31. The first-order chi connectivity index (χ1) is 11.1. The summed E-state index contributed by atoms with van der Waals surface area (Å²) >= 11 is 3.26. The molecule has 9 heteroatoms. The van der Waals surface area contributed by atoms with E-state index in [9.17, 15) is 19.7 Å². The van der Waals surface area contributed by atoms with Crippen molar-refractivity contribution in [3.8, 4) is 0 Å². The lowest BCUT2D eigenvalue weighted by Gasteiger charge is -2.35. The Balaban J connectivity index is 2.20. The van der Waals surface area contributed by atoms with Gasteiger partial charge in [-0.2, -0.15) is 0 Å². The Morgan fingerprint density at radius 3 is 2.54 bits per heavy atom. The number of nitro benzene ring substituents is 1. The standard InChI is InChI=1S/C15H18BrN3O5/c1-15(2,3)24-14(21)17-7-8-18(12(20)9-17)13-10(16)5-4-6-11(13)19(22)23/h4-6H,7-9H2,1-3H3. The molecule has 0 aromatic heterocycles. The second kappa shape index (κ2) is 6.76. The molecule has 1 heterocycles. The van der Waals surface area contributed by atoms with Gasteiger partial charge >= 0.3 is 6.09 Å². The van der Waals surface area contributed by atoms with E-state index in [4.69, 9.17) is 4.74 Å². The molecule has 1 aromatic carbocycles. The van der Waals surface area contributed by atoms with Crippen LogP contribution in [0.4, 0.5) is 16.2 Å². The maximum absolute atomic E-state index is 12.4. The summed E-state index contributed by atoms with van der Waals surface area (Å²) in [6.45, 7) is 5.43. The molecule has 2 amide bonds. The lowest BCUT2D eigenvalue weighted by molar-refractivity contribution is -0.384. The summed E-state index contributed by atoms with van der Waals surface area (Å²) in [5.41, 5.74) is -0.613. The molecule has 1 aliphatic rings. The number of nitrogens with zero attached hydrogens (tertiary/aromatic N) is 3. The third kappa shape index (κ3) is 4.02. The molecule has 0 radical (unpaired) electrons. The van der Waals surface area contributed by atoms with Gasteiger partial charge in [0.15, 0.2) is 0 Å². The lowest BCUT2D eigenvalue weighted by atomic mass is 10.2. The molecule has 0 spiro atoms. The molecule has 0 N–H and O–H groups in total. The van der Waals surface area contributed by atoms with Crippen molar-refractivity contribution in [2.24, 2.45) is 0 Å². The van der Waals surface area contributed by atoms with Crippen molar-refractivity contribution in [2.45, 2.75) is 26.4 Å². The van der Waals surface area contributed by atoms with Gasteiger partial charge in [0.05, 0.1) is 4.92 Å². The van der Waals surface area contributed by atoms with Crippen LogP contribution in [0.3, 0.4) is 0 Å². The molecule has 1 aliphatic heterocycles. The van der Waals surface area contributed by atoms with Crippen LogP contribution in [0.1, 0.15) is 20.8 Å². The summed E-state index contributed by atoms with van der Waals surface area (Å²) in [7, 11) is 0. The lowest BCUT2D eigenvalue weighted by Crippen LogP contribution is -2.53. The Labute approximate surface area is 147 Å². The minimum absolute atomic E-state index is 0.154. The number of hydrogen-bond donors (Lipinski definition) is 0. The Morgan fingerprint density at radius 1 is 1.33 bits per heavy atom. The molecule has 8 nitrogen and oxygen atoms in total. The van der Waals surface area contributed by atoms with Crippen LogP contribution in [0.15, 0.2) is 22.7 Å². The van der Waals surface area contributed by atoms with Crippen molar-refractivity contribution in [1.82, 2.24) is 4.90 Å². The molecular formula is C15H18BrN3O5. The number of amides is 2. The minimum Gasteiger partial charge on any atom is -0.444 e. The van der Waals surface area contributed by atoms with Gasteiger partial charge in [-0.05, 0) is 42.8 Å². The molecular weight excluding hydrogens is 382 g/mol. The summed E-state index contributed by atoms with van der Waals surface area (Å²) in [6, 6.07) is 4.51. The maximum atomic E-state index is 12.4. The fraction of sp³-hybridized carbons (Fsp3) is 0.467. The van der Waals surface area contributed by atoms with Crippen LogP contribution < -0.4 is 4.90 Å². The number of halogens is 1. The zero-order valence-electron chi connectivity index (χ0n) is 13.6. The van der Waals surface area contributed by atoms with Gasteiger partial charge in [-0.25, -0.2) is 4.79 Å². The summed E-state index contributed by atoms with van der Waals surface area (Å²) < 4.78 is 5.71. The second-order valence-corrected chi connectivity index (χ2v) is 7.17. The third-order valence-corrected chi connectivity index (χ3v) is 3.94. The number of benzene rings is 1. The van der Waals surface area contributed by atoms with E-state index in [1.807, 2.05) is 0 Å². The van der Waals surface area contributed by atoms with Crippen LogP contribution in [-0.4, -0.2) is 47.1 Å². The smallest absolute Gasteiger partial charge is 0.410 e. The van der Waals surface area contributed by atoms with Gasteiger partial charge in [0.1, 0.15) is 17.8 Å². The third-order valence-electron chi connectivity index (χ3n) is 3.30. The summed E-state index contributed by atoms with van der Waals surface area (Å²) in [5.74, 6) is -0.401. The number of carbonyl (C=O) groups excluding carboxylic acids is 2. The topological polar surface area (TPSA) is 93.0 Å². The van der Waals surface area contributed by atoms with E-state index in [2.05, 4.69) is 15.9 Å². The van der Waals surface area contributed by atoms with E-state index < -0.39 is 22.5 Å². The van der Waals surface area contributed by atoms with Crippen LogP contribution in [0.25, 0.3) is 0 Å². The van der Waals surface area contributed by atoms with Gasteiger partial charge in [-0.3, -0.25) is 19.8 Å². The Morgan fingerprint density at radius 2 is 2.00 bits per heavy atom. The summed E-state index contributed by atoms with van der Waals surface area (Å²) in [6.07, 6.45) is -0.572. The van der Waals surface area contributed by atoms with Crippen molar-refractivity contribution in [3.05, 3.63) is 32.8 Å². The van der Waals surface area contributed by atoms with E-state index >= 15 is 0 Å². The first-order valence-corrected chi connectivity index (χ1v) is 8.10. The van der Waals surface area contributed by atoms with Gasteiger partial charge in [-0.1, -0.05) is 6.07 Å². The molecule has 1 saturated heterocycles.